The molecule has 0 heterocycles. The zero-order valence-electron chi connectivity index (χ0n) is 10.9. The largest absolute Gasteiger partial charge is 0.478 e. The van der Waals surface area contributed by atoms with Gasteiger partial charge in [0.05, 0.1) is 5.57 Å². The molecule has 4 heteroatoms. The fourth-order valence-corrected chi connectivity index (χ4v) is 1.57. The Bertz CT molecular complexity index is 316. The van der Waals surface area contributed by atoms with Gasteiger partial charge in [-0.1, -0.05) is 51.2 Å². The van der Waals surface area contributed by atoms with Crippen LogP contribution in [0.4, 0.5) is 0 Å². The van der Waals surface area contributed by atoms with Crippen molar-refractivity contribution in [3.8, 4) is 0 Å². The Kier molecular flexibility index (Phi) is 9.64. The van der Waals surface area contributed by atoms with Gasteiger partial charge in [0.15, 0.2) is 0 Å². The fourth-order valence-electron chi connectivity index (χ4n) is 1.57. The van der Waals surface area contributed by atoms with Crippen LogP contribution in [0.15, 0.2) is 23.8 Å². The van der Waals surface area contributed by atoms with Crippen LogP contribution in [0, 0.1) is 0 Å². The highest BCUT2D eigenvalue weighted by molar-refractivity contribution is 5.96. The van der Waals surface area contributed by atoms with E-state index in [0.717, 1.165) is 19.3 Å². The van der Waals surface area contributed by atoms with E-state index in [1.807, 2.05) is 0 Å². The number of carboxylic acids is 2. The van der Waals surface area contributed by atoms with E-state index in [-0.39, 0.29) is 5.57 Å². The lowest BCUT2D eigenvalue weighted by Gasteiger charge is -1.98. The van der Waals surface area contributed by atoms with E-state index in [2.05, 4.69) is 6.92 Å². The topological polar surface area (TPSA) is 74.6 Å². The smallest absolute Gasteiger partial charge is 0.335 e. The Balaban J connectivity index is 3.85. The molecule has 2 N–H and O–H groups in total. The zero-order chi connectivity index (χ0) is 13.8. The van der Waals surface area contributed by atoms with E-state index < -0.39 is 11.9 Å². The van der Waals surface area contributed by atoms with Crippen molar-refractivity contribution in [2.75, 3.05) is 0 Å². The first-order valence-corrected chi connectivity index (χ1v) is 6.42. The van der Waals surface area contributed by atoms with Crippen molar-refractivity contribution in [3.63, 3.8) is 0 Å². The molecule has 0 rings (SSSR count). The van der Waals surface area contributed by atoms with Gasteiger partial charge in [-0.2, -0.15) is 0 Å². The molecule has 0 radical (unpaired) electrons. The van der Waals surface area contributed by atoms with Gasteiger partial charge in [0.1, 0.15) is 0 Å². The number of unbranched alkanes of at least 4 members (excludes halogenated alkanes) is 6. The van der Waals surface area contributed by atoms with Crippen molar-refractivity contribution < 1.29 is 19.8 Å². The number of rotatable bonds is 10. The molecule has 0 saturated carbocycles. The molecule has 0 bridgehead atoms. The van der Waals surface area contributed by atoms with Gasteiger partial charge in [0.2, 0.25) is 0 Å². The Hall–Kier alpha value is -1.58. The lowest BCUT2D eigenvalue weighted by Crippen LogP contribution is -2.01. The van der Waals surface area contributed by atoms with Crippen molar-refractivity contribution in [2.24, 2.45) is 0 Å². The summed E-state index contributed by atoms with van der Waals surface area (Å²) in [5.41, 5.74) is -0.187. The van der Waals surface area contributed by atoms with Crippen molar-refractivity contribution in [1.82, 2.24) is 0 Å². The summed E-state index contributed by atoms with van der Waals surface area (Å²) >= 11 is 0. The normalized spacial score (nSPS) is 11.9. The summed E-state index contributed by atoms with van der Waals surface area (Å²) in [6, 6.07) is 0. The first-order valence-electron chi connectivity index (χ1n) is 6.42. The average molecular weight is 254 g/mol. The van der Waals surface area contributed by atoms with E-state index in [1.54, 1.807) is 6.08 Å². The maximum absolute atomic E-state index is 10.7. The summed E-state index contributed by atoms with van der Waals surface area (Å²) in [6.07, 6.45) is 11.7. The third-order valence-electron chi connectivity index (χ3n) is 2.55. The second-order valence-electron chi connectivity index (χ2n) is 4.20. The fraction of sp³-hybridized carbons (Fsp3) is 0.571. The number of hydrogen-bond donors (Lipinski definition) is 2. The summed E-state index contributed by atoms with van der Waals surface area (Å²) in [5.74, 6) is -2.45. The van der Waals surface area contributed by atoms with Gasteiger partial charge < -0.3 is 10.2 Å². The van der Waals surface area contributed by atoms with Crippen LogP contribution in [0.2, 0.25) is 0 Å². The van der Waals surface area contributed by atoms with E-state index in [1.165, 1.54) is 31.8 Å². The van der Waals surface area contributed by atoms with Crippen molar-refractivity contribution >= 4 is 11.9 Å². The quantitative estimate of drug-likeness (QED) is 0.356. The number of carbonyl (C=O) groups is 2. The summed E-state index contributed by atoms with van der Waals surface area (Å²) < 4.78 is 0. The lowest BCUT2D eigenvalue weighted by atomic mass is 10.1. The minimum absolute atomic E-state index is 0.187. The first kappa shape index (κ1) is 16.4. The number of carboxylic acid groups (broad SMARTS) is 2. The molecule has 18 heavy (non-hydrogen) atoms. The van der Waals surface area contributed by atoms with Gasteiger partial charge >= 0.3 is 11.9 Å². The highest BCUT2D eigenvalue weighted by Gasteiger charge is 2.04. The molecule has 0 fully saturated rings. The van der Waals surface area contributed by atoms with Gasteiger partial charge in [-0.3, -0.25) is 0 Å². The Labute approximate surface area is 108 Å². The first-order chi connectivity index (χ1) is 8.57. The van der Waals surface area contributed by atoms with Crippen molar-refractivity contribution in [1.29, 1.82) is 0 Å². The molecule has 0 unspecified atom stereocenters. The summed E-state index contributed by atoms with van der Waals surface area (Å²) in [4.78, 5) is 21.1. The van der Waals surface area contributed by atoms with Gasteiger partial charge in [0.25, 0.3) is 0 Å². The molecule has 0 aliphatic carbocycles. The Morgan fingerprint density at radius 1 is 1.00 bits per heavy atom. The minimum Gasteiger partial charge on any atom is -0.478 e. The van der Waals surface area contributed by atoms with Crippen LogP contribution in [0.5, 0.6) is 0 Å². The third kappa shape index (κ3) is 9.63. The Morgan fingerprint density at radius 3 is 2.17 bits per heavy atom. The molecule has 0 aromatic carbocycles. The lowest BCUT2D eigenvalue weighted by molar-refractivity contribution is -0.134. The highest BCUT2D eigenvalue weighted by atomic mass is 16.4. The van der Waals surface area contributed by atoms with E-state index >= 15 is 0 Å². The van der Waals surface area contributed by atoms with Gasteiger partial charge in [-0.25, -0.2) is 9.59 Å². The van der Waals surface area contributed by atoms with E-state index in [9.17, 15) is 9.59 Å². The molecule has 0 aromatic rings. The molecular weight excluding hydrogens is 232 g/mol. The zero-order valence-corrected chi connectivity index (χ0v) is 10.9. The summed E-state index contributed by atoms with van der Waals surface area (Å²) in [5, 5.41) is 17.2. The van der Waals surface area contributed by atoms with Crippen LogP contribution in [0.1, 0.15) is 51.9 Å². The molecule has 102 valence electrons. The van der Waals surface area contributed by atoms with E-state index in [4.69, 9.17) is 10.2 Å². The SMILES string of the molecule is CCCCCCCCC=C/C(=C/C(=O)O)C(=O)O. The molecule has 0 aliphatic heterocycles. The van der Waals surface area contributed by atoms with Crippen LogP contribution in [-0.4, -0.2) is 22.2 Å². The number of allylic oxidation sites excluding steroid dienone is 1. The molecule has 4 nitrogen and oxygen atoms in total. The number of hydrogen-bond acceptors (Lipinski definition) is 2. The molecule has 0 aromatic heterocycles. The van der Waals surface area contributed by atoms with Gasteiger partial charge in [-0.05, 0) is 12.8 Å². The maximum Gasteiger partial charge on any atom is 0.335 e. The second-order valence-corrected chi connectivity index (χ2v) is 4.20. The molecule has 0 atom stereocenters. The molecular formula is C14H22O4. The molecule has 0 spiro atoms. The van der Waals surface area contributed by atoms with Crippen molar-refractivity contribution in [2.45, 2.75) is 51.9 Å². The van der Waals surface area contributed by atoms with Crippen LogP contribution in [-0.2, 0) is 9.59 Å². The third-order valence-corrected chi connectivity index (χ3v) is 2.55. The Morgan fingerprint density at radius 2 is 1.61 bits per heavy atom. The average Bonchev–Trinajstić information content (AvgIpc) is 2.30. The van der Waals surface area contributed by atoms with Gasteiger partial charge in [-0.15, -0.1) is 0 Å². The summed E-state index contributed by atoms with van der Waals surface area (Å²) in [6.45, 7) is 2.17. The molecule has 0 saturated heterocycles. The van der Waals surface area contributed by atoms with Crippen LogP contribution in [0.3, 0.4) is 0 Å². The predicted octanol–water partition coefficient (Wildman–Crippen LogP) is 3.39. The minimum atomic E-state index is -1.24. The van der Waals surface area contributed by atoms with Gasteiger partial charge in [0, 0.05) is 6.08 Å². The standard InChI is InChI=1S/C14H22O4/c1-2-3-4-5-6-7-8-9-10-12(14(17)18)11-13(15)16/h9-11H,2-8H2,1H3,(H,15,16)(H,17,18)/b10-9?,12-11-. The monoisotopic (exact) mass is 254 g/mol. The van der Waals surface area contributed by atoms with Crippen LogP contribution < -0.4 is 0 Å². The second kappa shape index (κ2) is 10.6. The molecule has 0 amide bonds. The number of aliphatic carboxylic acids is 2. The van der Waals surface area contributed by atoms with Crippen LogP contribution >= 0.6 is 0 Å². The van der Waals surface area contributed by atoms with Crippen LogP contribution in [0.25, 0.3) is 0 Å². The van der Waals surface area contributed by atoms with E-state index in [0.29, 0.717) is 6.08 Å². The predicted molar refractivity (Wildman–Crippen MR) is 70.5 cm³/mol. The maximum atomic E-state index is 10.7. The summed E-state index contributed by atoms with van der Waals surface area (Å²) in [7, 11) is 0. The highest BCUT2D eigenvalue weighted by Crippen LogP contribution is 2.08. The van der Waals surface area contributed by atoms with Crippen molar-refractivity contribution in [3.05, 3.63) is 23.8 Å². The molecule has 0 aliphatic rings.